The van der Waals surface area contributed by atoms with E-state index in [1.54, 1.807) is 6.20 Å². The molecule has 1 aliphatic carbocycles. The predicted octanol–water partition coefficient (Wildman–Crippen LogP) is 2.37. The SMILES string of the molecule is N#Cc1cc(C2=C[C@@H]3NC[C@@H]3CC2)cnc1Cl. The molecule has 86 valence electrons. The normalized spacial score (nSPS) is 26.5. The second-order valence-electron chi connectivity index (χ2n) is 4.60. The van der Waals surface area contributed by atoms with Gasteiger partial charge in [0.2, 0.25) is 0 Å². The summed E-state index contributed by atoms with van der Waals surface area (Å²) in [4.78, 5) is 4.07. The molecule has 1 aliphatic heterocycles. The molecule has 0 amide bonds. The maximum absolute atomic E-state index is 8.94. The van der Waals surface area contributed by atoms with Crippen molar-refractivity contribution in [3.63, 3.8) is 0 Å². The maximum atomic E-state index is 8.94. The molecule has 1 N–H and O–H groups in total. The molecule has 1 aromatic heterocycles. The van der Waals surface area contributed by atoms with E-state index in [-0.39, 0.29) is 5.15 Å². The molecule has 2 atom stereocenters. The van der Waals surface area contributed by atoms with E-state index in [1.165, 1.54) is 12.0 Å². The molecule has 0 spiro atoms. The summed E-state index contributed by atoms with van der Waals surface area (Å²) in [5, 5.41) is 12.6. The summed E-state index contributed by atoms with van der Waals surface area (Å²) >= 11 is 5.83. The zero-order chi connectivity index (χ0) is 11.8. The molecule has 4 heteroatoms. The Morgan fingerprint density at radius 2 is 2.41 bits per heavy atom. The van der Waals surface area contributed by atoms with Gasteiger partial charge in [0.05, 0.1) is 5.56 Å². The van der Waals surface area contributed by atoms with Crippen LogP contribution in [0.5, 0.6) is 0 Å². The third-order valence-corrected chi connectivity index (χ3v) is 3.92. The molecule has 2 heterocycles. The first-order chi connectivity index (χ1) is 8.28. The van der Waals surface area contributed by atoms with Crippen LogP contribution >= 0.6 is 11.6 Å². The Labute approximate surface area is 105 Å². The quantitative estimate of drug-likeness (QED) is 0.773. The number of pyridine rings is 1. The molecule has 0 unspecified atom stereocenters. The highest BCUT2D eigenvalue weighted by molar-refractivity contribution is 6.30. The van der Waals surface area contributed by atoms with Gasteiger partial charge < -0.3 is 5.32 Å². The molecule has 0 aromatic carbocycles. The van der Waals surface area contributed by atoms with Crippen molar-refractivity contribution in [2.24, 2.45) is 5.92 Å². The van der Waals surface area contributed by atoms with Crippen LogP contribution < -0.4 is 5.32 Å². The van der Waals surface area contributed by atoms with Gasteiger partial charge in [0, 0.05) is 18.8 Å². The molecule has 0 saturated carbocycles. The minimum Gasteiger partial charge on any atom is -0.310 e. The standard InChI is InChI=1S/C13H12ClN3/c14-13-10(5-15)3-11(7-17-13)8-1-2-9-6-16-12(9)4-8/h3-4,7,9,12,16H,1-2,6H2/t9-,12-/m0/s1. The lowest BCUT2D eigenvalue weighted by Crippen LogP contribution is -2.52. The fourth-order valence-electron chi connectivity index (χ4n) is 2.48. The zero-order valence-corrected chi connectivity index (χ0v) is 10.0. The summed E-state index contributed by atoms with van der Waals surface area (Å²) in [5.74, 6) is 0.800. The van der Waals surface area contributed by atoms with Crippen LogP contribution in [0.1, 0.15) is 24.0 Å². The number of hydrogen-bond donors (Lipinski definition) is 1. The van der Waals surface area contributed by atoms with E-state index in [9.17, 15) is 0 Å². The minimum absolute atomic E-state index is 0.285. The average molecular weight is 246 g/mol. The van der Waals surface area contributed by atoms with Crippen molar-refractivity contribution in [1.82, 2.24) is 10.3 Å². The first kappa shape index (κ1) is 10.8. The Hall–Kier alpha value is -1.37. The Balaban J connectivity index is 1.94. The molecular weight excluding hydrogens is 234 g/mol. The Bertz CT molecular complexity index is 530. The Morgan fingerprint density at radius 1 is 1.53 bits per heavy atom. The van der Waals surface area contributed by atoms with Crippen LogP contribution in [-0.4, -0.2) is 17.6 Å². The highest BCUT2D eigenvalue weighted by atomic mass is 35.5. The highest BCUT2D eigenvalue weighted by Crippen LogP contribution is 2.34. The van der Waals surface area contributed by atoms with Gasteiger partial charge in [-0.3, -0.25) is 0 Å². The van der Waals surface area contributed by atoms with Crippen molar-refractivity contribution in [1.29, 1.82) is 5.26 Å². The van der Waals surface area contributed by atoms with Gasteiger partial charge in [0.15, 0.2) is 0 Å². The minimum atomic E-state index is 0.285. The van der Waals surface area contributed by atoms with E-state index in [4.69, 9.17) is 16.9 Å². The number of aromatic nitrogens is 1. The number of nitrogens with one attached hydrogen (secondary N) is 1. The molecule has 2 aliphatic rings. The molecular formula is C13H12ClN3. The van der Waals surface area contributed by atoms with Crippen LogP contribution in [-0.2, 0) is 0 Å². The van der Waals surface area contributed by atoms with Gasteiger partial charge >= 0.3 is 0 Å². The van der Waals surface area contributed by atoms with Gasteiger partial charge in [-0.15, -0.1) is 0 Å². The lowest BCUT2D eigenvalue weighted by atomic mass is 9.79. The Kier molecular flexibility index (Phi) is 2.62. The first-order valence-electron chi connectivity index (χ1n) is 5.78. The van der Waals surface area contributed by atoms with E-state index in [2.05, 4.69) is 22.4 Å². The van der Waals surface area contributed by atoms with Gasteiger partial charge in [-0.05, 0) is 36.0 Å². The van der Waals surface area contributed by atoms with Crippen LogP contribution in [0.2, 0.25) is 5.15 Å². The topological polar surface area (TPSA) is 48.7 Å². The van der Waals surface area contributed by atoms with E-state index < -0.39 is 0 Å². The predicted molar refractivity (Wildman–Crippen MR) is 66.5 cm³/mol. The highest BCUT2D eigenvalue weighted by Gasteiger charge is 2.31. The van der Waals surface area contributed by atoms with Crippen molar-refractivity contribution in [3.8, 4) is 6.07 Å². The summed E-state index contributed by atoms with van der Waals surface area (Å²) in [6, 6.07) is 4.42. The number of rotatable bonds is 1. The van der Waals surface area contributed by atoms with Gasteiger partial charge in [-0.2, -0.15) is 5.26 Å². The Morgan fingerprint density at radius 3 is 3.06 bits per heavy atom. The second-order valence-corrected chi connectivity index (χ2v) is 4.96. The van der Waals surface area contributed by atoms with Crippen LogP contribution in [0.4, 0.5) is 0 Å². The van der Waals surface area contributed by atoms with E-state index in [1.807, 2.05) is 6.07 Å². The van der Waals surface area contributed by atoms with Gasteiger partial charge in [-0.1, -0.05) is 17.7 Å². The zero-order valence-electron chi connectivity index (χ0n) is 9.28. The van der Waals surface area contributed by atoms with Gasteiger partial charge in [0.1, 0.15) is 11.2 Å². The third-order valence-electron chi connectivity index (χ3n) is 3.62. The summed E-state index contributed by atoms with van der Waals surface area (Å²) in [5.41, 5.74) is 2.76. The van der Waals surface area contributed by atoms with Crippen molar-refractivity contribution < 1.29 is 0 Å². The molecule has 1 fully saturated rings. The van der Waals surface area contributed by atoms with Crippen molar-refractivity contribution >= 4 is 17.2 Å². The first-order valence-corrected chi connectivity index (χ1v) is 6.16. The molecule has 1 saturated heterocycles. The van der Waals surface area contributed by atoms with Gasteiger partial charge in [-0.25, -0.2) is 4.98 Å². The van der Waals surface area contributed by atoms with Crippen molar-refractivity contribution in [2.75, 3.05) is 6.54 Å². The number of nitriles is 1. The molecule has 17 heavy (non-hydrogen) atoms. The number of halogens is 1. The van der Waals surface area contributed by atoms with Crippen molar-refractivity contribution in [3.05, 3.63) is 34.6 Å². The van der Waals surface area contributed by atoms with E-state index in [0.29, 0.717) is 11.6 Å². The average Bonchev–Trinajstić information content (AvgIpc) is 2.32. The lowest BCUT2D eigenvalue weighted by molar-refractivity contribution is 0.256. The molecule has 1 aromatic rings. The fourth-order valence-corrected chi connectivity index (χ4v) is 2.63. The van der Waals surface area contributed by atoms with Crippen LogP contribution in [0, 0.1) is 17.2 Å². The lowest BCUT2D eigenvalue weighted by Gasteiger charge is -2.40. The fraction of sp³-hybridized carbons (Fsp3) is 0.385. The molecule has 0 bridgehead atoms. The summed E-state index contributed by atoms with van der Waals surface area (Å²) in [6.07, 6.45) is 6.31. The van der Waals surface area contributed by atoms with Crippen LogP contribution in [0.3, 0.4) is 0 Å². The number of fused-ring (bicyclic) bond motifs is 1. The number of nitrogens with zero attached hydrogens (tertiary/aromatic N) is 2. The molecule has 0 radical (unpaired) electrons. The van der Waals surface area contributed by atoms with Crippen LogP contribution in [0.15, 0.2) is 18.3 Å². The van der Waals surface area contributed by atoms with Crippen LogP contribution in [0.25, 0.3) is 5.57 Å². The summed E-state index contributed by atoms with van der Waals surface area (Å²) < 4.78 is 0. The van der Waals surface area contributed by atoms with Gasteiger partial charge in [0.25, 0.3) is 0 Å². The smallest absolute Gasteiger partial charge is 0.146 e. The largest absolute Gasteiger partial charge is 0.310 e. The third kappa shape index (κ3) is 1.84. The monoisotopic (exact) mass is 245 g/mol. The molecule has 3 rings (SSSR count). The van der Waals surface area contributed by atoms with E-state index >= 15 is 0 Å². The van der Waals surface area contributed by atoms with Crippen molar-refractivity contribution in [2.45, 2.75) is 18.9 Å². The molecule has 3 nitrogen and oxygen atoms in total. The number of hydrogen-bond acceptors (Lipinski definition) is 3. The summed E-state index contributed by atoms with van der Waals surface area (Å²) in [6.45, 7) is 1.14. The maximum Gasteiger partial charge on any atom is 0.146 e. The van der Waals surface area contributed by atoms with E-state index in [0.717, 1.165) is 24.4 Å². The number of allylic oxidation sites excluding steroid dienone is 1. The second kappa shape index (κ2) is 4.14. The summed E-state index contributed by atoms with van der Waals surface area (Å²) in [7, 11) is 0.